The number of pyridine rings is 2. The number of aromatic nitrogens is 3. The Hall–Kier alpha value is -4.26. The van der Waals surface area contributed by atoms with Gasteiger partial charge in [0.25, 0.3) is 0 Å². The van der Waals surface area contributed by atoms with Crippen LogP contribution in [0.1, 0.15) is 25.2 Å². The van der Waals surface area contributed by atoms with Gasteiger partial charge in [-0.05, 0) is 38.1 Å². The average molecular weight is 486 g/mol. The van der Waals surface area contributed by atoms with Gasteiger partial charge < -0.3 is 14.5 Å². The summed E-state index contributed by atoms with van der Waals surface area (Å²) in [5.41, 5.74) is 3.73. The summed E-state index contributed by atoms with van der Waals surface area (Å²) in [5, 5.41) is 1.08. The molecule has 0 unspecified atom stereocenters. The summed E-state index contributed by atoms with van der Waals surface area (Å²) in [6.45, 7) is 3.96. The second-order valence-electron chi connectivity index (χ2n) is 9.07. The maximum atomic E-state index is 14.6. The normalized spacial score (nSPS) is 11.6. The van der Waals surface area contributed by atoms with Crippen molar-refractivity contribution < 1.29 is 18.3 Å². The minimum atomic E-state index is -0.713. The molecule has 5 nitrogen and oxygen atoms in total. The lowest BCUT2D eigenvalue weighted by molar-refractivity contribution is 0.409. The summed E-state index contributed by atoms with van der Waals surface area (Å²) in [6, 6.07) is 20.7. The minimum absolute atomic E-state index is 0.185. The lowest BCUT2D eigenvalue weighted by atomic mass is 9.84. The van der Waals surface area contributed by atoms with Crippen LogP contribution < -0.4 is 9.47 Å². The number of fused-ring (bicyclic) bond motifs is 1. The molecule has 5 aromatic rings. The molecule has 182 valence electrons. The van der Waals surface area contributed by atoms with E-state index in [2.05, 4.69) is 4.98 Å². The summed E-state index contributed by atoms with van der Waals surface area (Å²) in [4.78, 5) is 13.1. The second-order valence-corrected chi connectivity index (χ2v) is 9.07. The zero-order valence-corrected chi connectivity index (χ0v) is 20.4. The number of rotatable bonds is 6. The molecule has 0 fully saturated rings. The molecule has 3 aromatic heterocycles. The number of aromatic amines is 1. The van der Waals surface area contributed by atoms with E-state index in [4.69, 9.17) is 19.4 Å². The molecule has 0 amide bonds. The summed E-state index contributed by atoms with van der Waals surface area (Å²) >= 11 is 0. The van der Waals surface area contributed by atoms with Gasteiger partial charge in [0, 0.05) is 52.2 Å². The fourth-order valence-corrected chi connectivity index (χ4v) is 4.20. The highest BCUT2D eigenvalue weighted by Gasteiger charge is 2.29. The molecule has 0 saturated carbocycles. The van der Waals surface area contributed by atoms with E-state index in [0.29, 0.717) is 28.6 Å². The number of benzene rings is 2. The van der Waals surface area contributed by atoms with Gasteiger partial charge in [-0.2, -0.15) is 0 Å². The highest BCUT2D eigenvalue weighted by Crippen LogP contribution is 2.37. The van der Waals surface area contributed by atoms with Crippen molar-refractivity contribution >= 4 is 10.9 Å². The molecule has 0 atom stereocenters. The van der Waals surface area contributed by atoms with Crippen LogP contribution in [0.3, 0.4) is 0 Å². The monoisotopic (exact) mass is 485 g/mol. The number of hydrogen-bond acceptors (Lipinski definition) is 4. The third-order valence-corrected chi connectivity index (χ3v) is 6.36. The number of para-hydroxylation sites is 1. The Balaban J connectivity index is 1.64. The van der Waals surface area contributed by atoms with E-state index in [-0.39, 0.29) is 5.56 Å². The van der Waals surface area contributed by atoms with E-state index in [1.54, 1.807) is 19.2 Å². The first-order valence-electron chi connectivity index (χ1n) is 11.4. The van der Waals surface area contributed by atoms with Crippen LogP contribution in [0.4, 0.5) is 8.78 Å². The number of nitrogens with one attached hydrogen (secondary N) is 1. The standard InChI is InChI=1S/C29H25F2N3O2/c1-29(2,27-15-19(35-3)13-24(33-27)21-10-9-18(30)12-22(21)31)28-16-20(36-4)14-26(34-28)25-11-17-7-5-6-8-23(17)32-25/h5-16,32H,1-4H3. The maximum absolute atomic E-state index is 14.6. The topological polar surface area (TPSA) is 60.0 Å². The summed E-state index contributed by atoms with van der Waals surface area (Å²) in [7, 11) is 3.15. The van der Waals surface area contributed by atoms with Gasteiger partial charge in [0.2, 0.25) is 0 Å². The molecule has 0 bridgehead atoms. The third-order valence-electron chi connectivity index (χ3n) is 6.36. The minimum Gasteiger partial charge on any atom is -0.497 e. The Kier molecular flexibility index (Phi) is 5.92. The Morgan fingerprint density at radius 2 is 1.39 bits per heavy atom. The molecule has 0 spiro atoms. The van der Waals surface area contributed by atoms with E-state index in [0.717, 1.165) is 28.4 Å². The van der Waals surface area contributed by atoms with Crippen molar-refractivity contribution in [3.05, 3.63) is 95.8 Å². The number of ether oxygens (including phenoxy) is 2. The number of nitrogens with zero attached hydrogens (tertiary/aromatic N) is 2. The lowest BCUT2D eigenvalue weighted by Crippen LogP contribution is -2.23. The van der Waals surface area contributed by atoms with Gasteiger partial charge in [-0.1, -0.05) is 18.2 Å². The fraction of sp³-hybridized carbons (Fsp3) is 0.172. The zero-order valence-electron chi connectivity index (χ0n) is 20.4. The van der Waals surface area contributed by atoms with E-state index in [1.807, 2.05) is 56.3 Å². The van der Waals surface area contributed by atoms with Crippen molar-refractivity contribution in [2.45, 2.75) is 19.3 Å². The van der Waals surface area contributed by atoms with Gasteiger partial charge in [-0.25, -0.2) is 8.78 Å². The molecule has 0 aliphatic rings. The maximum Gasteiger partial charge on any atom is 0.135 e. The quantitative estimate of drug-likeness (QED) is 0.284. The number of methoxy groups -OCH3 is 2. The van der Waals surface area contributed by atoms with Gasteiger partial charge in [0.15, 0.2) is 0 Å². The molecule has 5 rings (SSSR count). The largest absolute Gasteiger partial charge is 0.497 e. The van der Waals surface area contributed by atoms with E-state index < -0.39 is 17.0 Å². The molecule has 2 aromatic carbocycles. The molecular formula is C29H25F2N3O2. The molecule has 1 N–H and O–H groups in total. The molecule has 0 aliphatic carbocycles. The van der Waals surface area contributed by atoms with Crippen molar-refractivity contribution in [3.63, 3.8) is 0 Å². The Morgan fingerprint density at radius 3 is 2.03 bits per heavy atom. The summed E-state index contributed by atoms with van der Waals surface area (Å²) in [6.07, 6.45) is 0. The Labute approximate surface area is 207 Å². The summed E-state index contributed by atoms with van der Waals surface area (Å²) < 4.78 is 39.2. The number of H-pyrrole nitrogens is 1. The molecule has 3 heterocycles. The van der Waals surface area contributed by atoms with Crippen molar-refractivity contribution in [1.82, 2.24) is 15.0 Å². The summed E-state index contributed by atoms with van der Waals surface area (Å²) in [5.74, 6) is -0.190. The van der Waals surface area contributed by atoms with Crippen LogP contribution in [0.2, 0.25) is 0 Å². The lowest BCUT2D eigenvalue weighted by Gasteiger charge is -2.26. The van der Waals surface area contributed by atoms with Gasteiger partial charge in [0.05, 0.1) is 42.7 Å². The SMILES string of the molecule is COc1cc(-c2cc3ccccc3[nH]2)nc(C(C)(C)c2cc(OC)cc(-c3ccc(F)cc3F)n2)c1. The third kappa shape index (κ3) is 4.28. The van der Waals surface area contributed by atoms with E-state index in [9.17, 15) is 8.78 Å². The first kappa shape index (κ1) is 23.5. The van der Waals surface area contributed by atoms with Gasteiger partial charge in [-0.15, -0.1) is 0 Å². The van der Waals surface area contributed by atoms with Crippen LogP contribution in [-0.4, -0.2) is 29.2 Å². The molecule has 0 aliphatic heterocycles. The van der Waals surface area contributed by atoms with Crippen LogP contribution in [0.25, 0.3) is 33.5 Å². The first-order chi connectivity index (χ1) is 17.3. The van der Waals surface area contributed by atoms with Gasteiger partial charge in [0.1, 0.15) is 23.1 Å². The van der Waals surface area contributed by atoms with Crippen molar-refractivity contribution in [1.29, 1.82) is 0 Å². The number of halogens is 2. The highest BCUT2D eigenvalue weighted by atomic mass is 19.1. The van der Waals surface area contributed by atoms with Crippen LogP contribution in [0, 0.1) is 11.6 Å². The van der Waals surface area contributed by atoms with E-state index >= 15 is 0 Å². The van der Waals surface area contributed by atoms with Gasteiger partial charge in [-0.3, -0.25) is 9.97 Å². The van der Waals surface area contributed by atoms with Gasteiger partial charge >= 0.3 is 0 Å². The smallest absolute Gasteiger partial charge is 0.135 e. The Bertz CT molecular complexity index is 1540. The van der Waals surface area contributed by atoms with Crippen molar-refractivity contribution in [2.24, 2.45) is 0 Å². The zero-order chi connectivity index (χ0) is 25.4. The molecule has 0 saturated heterocycles. The molecule has 0 radical (unpaired) electrons. The molecule has 7 heteroatoms. The number of hydrogen-bond donors (Lipinski definition) is 1. The molecular weight excluding hydrogens is 460 g/mol. The van der Waals surface area contributed by atoms with Crippen LogP contribution in [-0.2, 0) is 5.41 Å². The van der Waals surface area contributed by atoms with Crippen molar-refractivity contribution in [3.8, 4) is 34.1 Å². The Morgan fingerprint density at radius 1 is 0.750 bits per heavy atom. The highest BCUT2D eigenvalue weighted by molar-refractivity contribution is 5.85. The predicted octanol–water partition coefficient (Wildman–Crippen LogP) is 6.91. The van der Waals surface area contributed by atoms with Crippen molar-refractivity contribution in [2.75, 3.05) is 14.2 Å². The van der Waals surface area contributed by atoms with Crippen LogP contribution >= 0.6 is 0 Å². The predicted molar refractivity (Wildman–Crippen MR) is 136 cm³/mol. The second kappa shape index (κ2) is 9.07. The molecule has 36 heavy (non-hydrogen) atoms. The van der Waals surface area contributed by atoms with Crippen LogP contribution in [0.15, 0.2) is 72.8 Å². The first-order valence-corrected chi connectivity index (χ1v) is 11.4. The fourth-order valence-electron chi connectivity index (χ4n) is 4.20. The van der Waals surface area contributed by atoms with Crippen LogP contribution in [0.5, 0.6) is 11.5 Å². The van der Waals surface area contributed by atoms with E-state index in [1.165, 1.54) is 19.2 Å². The average Bonchev–Trinajstić information content (AvgIpc) is 3.32.